The number of halogens is 1. The van der Waals surface area contributed by atoms with Crippen LogP contribution in [0.1, 0.15) is 23.2 Å². The third-order valence-electron chi connectivity index (χ3n) is 3.04. The largest absolute Gasteiger partial charge is 0.383 e. The van der Waals surface area contributed by atoms with Gasteiger partial charge in [0.1, 0.15) is 11.6 Å². The van der Waals surface area contributed by atoms with Crippen LogP contribution in [0.25, 0.3) is 0 Å². The zero-order valence-electron chi connectivity index (χ0n) is 10.2. The molecule has 6 heteroatoms. The SMILES string of the molecule is Nc1ncc(F)cc1C(=O)NCCN1CCCC1. The van der Waals surface area contributed by atoms with E-state index in [0.29, 0.717) is 6.54 Å². The minimum absolute atomic E-state index is 0.0510. The van der Waals surface area contributed by atoms with E-state index < -0.39 is 5.82 Å². The number of aromatic nitrogens is 1. The van der Waals surface area contributed by atoms with Crippen molar-refractivity contribution in [1.82, 2.24) is 15.2 Å². The van der Waals surface area contributed by atoms with Crippen LogP contribution in [0.3, 0.4) is 0 Å². The van der Waals surface area contributed by atoms with Crippen LogP contribution in [0.5, 0.6) is 0 Å². The molecule has 1 aliphatic heterocycles. The van der Waals surface area contributed by atoms with Gasteiger partial charge in [0, 0.05) is 13.1 Å². The maximum Gasteiger partial charge on any atom is 0.255 e. The Morgan fingerprint density at radius 1 is 1.50 bits per heavy atom. The summed E-state index contributed by atoms with van der Waals surface area (Å²) in [6.45, 7) is 3.52. The molecule has 0 radical (unpaired) electrons. The summed E-state index contributed by atoms with van der Waals surface area (Å²) >= 11 is 0. The first kappa shape index (κ1) is 12.8. The molecule has 1 amide bonds. The molecule has 0 aromatic carbocycles. The fourth-order valence-corrected chi connectivity index (χ4v) is 2.06. The van der Waals surface area contributed by atoms with E-state index in [0.717, 1.165) is 31.9 Å². The molecule has 0 atom stereocenters. The van der Waals surface area contributed by atoms with Gasteiger partial charge >= 0.3 is 0 Å². The van der Waals surface area contributed by atoms with Crippen molar-refractivity contribution in [2.75, 3.05) is 31.9 Å². The molecule has 0 aliphatic carbocycles. The van der Waals surface area contributed by atoms with Gasteiger partial charge in [-0.1, -0.05) is 0 Å². The second-order valence-electron chi connectivity index (χ2n) is 4.39. The minimum Gasteiger partial charge on any atom is -0.383 e. The van der Waals surface area contributed by atoms with E-state index >= 15 is 0 Å². The van der Waals surface area contributed by atoms with Crippen molar-refractivity contribution in [2.24, 2.45) is 0 Å². The molecule has 18 heavy (non-hydrogen) atoms. The summed E-state index contributed by atoms with van der Waals surface area (Å²) in [4.78, 5) is 17.7. The highest BCUT2D eigenvalue weighted by Crippen LogP contribution is 2.09. The van der Waals surface area contributed by atoms with Crippen LogP contribution in [-0.4, -0.2) is 42.0 Å². The Kier molecular flexibility index (Phi) is 4.09. The number of rotatable bonds is 4. The Labute approximate surface area is 105 Å². The third-order valence-corrected chi connectivity index (χ3v) is 3.04. The summed E-state index contributed by atoms with van der Waals surface area (Å²) in [5.74, 6) is -0.886. The summed E-state index contributed by atoms with van der Waals surface area (Å²) in [6.07, 6.45) is 3.43. The number of nitrogen functional groups attached to an aromatic ring is 1. The number of carbonyl (C=O) groups is 1. The molecule has 2 rings (SSSR count). The Hall–Kier alpha value is -1.69. The van der Waals surface area contributed by atoms with E-state index in [-0.39, 0.29) is 17.3 Å². The van der Waals surface area contributed by atoms with Crippen molar-refractivity contribution in [3.05, 3.63) is 23.6 Å². The fourth-order valence-electron chi connectivity index (χ4n) is 2.06. The van der Waals surface area contributed by atoms with Gasteiger partial charge in [-0.3, -0.25) is 4.79 Å². The van der Waals surface area contributed by atoms with E-state index in [1.54, 1.807) is 0 Å². The molecular weight excluding hydrogens is 235 g/mol. The van der Waals surface area contributed by atoms with Crippen LogP contribution >= 0.6 is 0 Å². The molecule has 0 bridgehead atoms. The Morgan fingerprint density at radius 2 is 2.22 bits per heavy atom. The first-order valence-corrected chi connectivity index (χ1v) is 6.08. The quantitative estimate of drug-likeness (QED) is 0.824. The highest BCUT2D eigenvalue weighted by Gasteiger charge is 2.14. The summed E-state index contributed by atoms with van der Waals surface area (Å²) in [6, 6.07) is 1.10. The molecular formula is C12H17FN4O. The topological polar surface area (TPSA) is 71.2 Å². The van der Waals surface area contributed by atoms with E-state index in [1.807, 2.05) is 0 Å². The van der Waals surface area contributed by atoms with Crippen molar-refractivity contribution in [3.8, 4) is 0 Å². The number of amides is 1. The molecule has 1 aliphatic rings. The Morgan fingerprint density at radius 3 is 2.94 bits per heavy atom. The number of hydrogen-bond acceptors (Lipinski definition) is 4. The monoisotopic (exact) mass is 252 g/mol. The zero-order chi connectivity index (χ0) is 13.0. The summed E-state index contributed by atoms with van der Waals surface area (Å²) in [5.41, 5.74) is 5.63. The number of nitrogens with one attached hydrogen (secondary N) is 1. The van der Waals surface area contributed by atoms with Crippen molar-refractivity contribution in [3.63, 3.8) is 0 Å². The molecule has 5 nitrogen and oxygen atoms in total. The van der Waals surface area contributed by atoms with Gasteiger partial charge in [0.2, 0.25) is 0 Å². The highest BCUT2D eigenvalue weighted by atomic mass is 19.1. The molecule has 98 valence electrons. The van der Waals surface area contributed by atoms with E-state index in [1.165, 1.54) is 12.8 Å². The number of likely N-dealkylation sites (tertiary alicyclic amines) is 1. The number of carbonyl (C=O) groups excluding carboxylic acids is 1. The lowest BCUT2D eigenvalue weighted by atomic mass is 10.2. The van der Waals surface area contributed by atoms with Gasteiger partial charge in [-0.25, -0.2) is 9.37 Å². The summed E-state index contributed by atoms with van der Waals surface area (Å²) in [5, 5.41) is 2.73. The Bertz CT molecular complexity index is 432. The van der Waals surface area contributed by atoms with E-state index in [4.69, 9.17) is 5.73 Å². The van der Waals surface area contributed by atoms with Gasteiger partial charge in [0.15, 0.2) is 0 Å². The molecule has 2 heterocycles. The fraction of sp³-hybridized carbons (Fsp3) is 0.500. The molecule has 1 saturated heterocycles. The van der Waals surface area contributed by atoms with Gasteiger partial charge in [0.25, 0.3) is 5.91 Å². The normalized spacial score (nSPS) is 15.8. The Balaban J connectivity index is 1.85. The van der Waals surface area contributed by atoms with Crippen molar-refractivity contribution in [2.45, 2.75) is 12.8 Å². The van der Waals surface area contributed by atoms with Crippen LogP contribution in [-0.2, 0) is 0 Å². The minimum atomic E-state index is -0.561. The molecule has 0 unspecified atom stereocenters. The second-order valence-corrected chi connectivity index (χ2v) is 4.39. The lowest BCUT2D eigenvalue weighted by Crippen LogP contribution is -2.33. The zero-order valence-corrected chi connectivity index (χ0v) is 10.2. The van der Waals surface area contributed by atoms with E-state index in [2.05, 4.69) is 15.2 Å². The average molecular weight is 252 g/mol. The summed E-state index contributed by atoms with van der Waals surface area (Å²) < 4.78 is 13.0. The molecule has 3 N–H and O–H groups in total. The van der Waals surface area contributed by atoms with Crippen LogP contribution in [0, 0.1) is 5.82 Å². The molecule has 1 fully saturated rings. The van der Waals surface area contributed by atoms with Crippen molar-refractivity contribution >= 4 is 11.7 Å². The highest BCUT2D eigenvalue weighted by molar-refractivity contribution is 5.98. The van der Waals surface area contributed by atoms with Gasteiger partial charge in [-0.05, 0) is 32.0 Å². The number of anilines is 1. The maximum absolute atomic E-state index is 13.0. The molecule has 1 aromatic heterocycles. The van der Waals surface area contributed by atoms with Crippen LogP contribution in [0.4, 0.5) is 10.2 Å². The number of nitrogens with two attached hydrogens (primary N) is 1. The summed E-state index contributed by atoms with van der Waals surface area (Å²) in [7, 11) is 0. The molecule has 1 aromatic rings. The van der Waals surface area contributed by atoms with Gasteiger partial charge in [-0.2, -0.15) is 0 Å². The molecule has 0 saturated carbocycles. The van der Waals surface area contributed by atoms with Crippen LogP contribution < -0.4 is 11.1 Å². The van der Waals surface area contributed by atoms with Gasteiger partial charge in [-0.15, -0.1) is 0 Å². The van der Waals surface area contributed by atoms with Crippen molar-refractivity contribution in [1.29, 1.82) is 0 Å². The van der Waals surface area contributed by atoms with Gasteiger partial charge in [0.05, 0.1) is 11.8 Å². The predicted molar refractivity (Wildman–Crippen MR) is 66.6 cm³/mol. The lowest BCUT2D eigenvalue weighted by Gasteiger charge is -2.14. The average Bonchev–Trinajstić information content (AvgIpc) is 2.85. The van der Waals surface area contributed by atoms with Crippen LogP contribution in [0.15, 0.2) is 12.3 Å². The van der Waals surface area contributed by atoms with Gasteiger partial charge < -0.3 is 16.0 Å². The van der Waals surface area contributed by atoms with Crippen molar-refractivity contribution < 1.29 is 9.18 Å². The lowest BCUT2D eigenvalue weighted by molar-refractivity contribution is 0.0950. The number of nitrogens with zero attached hydrogens (tertiary/aromatic N) is 2. The molecule has 0 spiro atoms. The first-order valence-electron chi connectivity index (χ1n) is 6.08. The van der Waals surface area contributed by atoms with Crippen LogP contribution in [0.2, 0.25) is 0 Å². The maximum atomic E-state index is 13.0. The number of hydrogen-bond donors (Lipinski definition) is 2. The number of pyridine rings is 1. The van der Waals surface area contributed by atoms with E-state index in [9.17, 15) is 9.18 Å². The predicted octanol–water partition coefficient (Wildman–Crippen LogP) is 0.628. The standard InChI is InChI=1S/C12H17FN4O/c13-9-7-10(11(14)16-8-9)12(18)15-3-6-17-4-1-2-5-17/h7-8H,1-6H2,(H2,14,16)(H,15,18). The first-order chi connectivity index (χ1) is 8.66. The second kappa shape index (κ2) is 5.77. The smallest absolute Gasteiger partial charge is 0.255 e. The third kappa shape index (κ3) is 3.16.